The molecule has 0 aliphatic carbocycles. The van der Waals surface area contributed by atoms with Crippen LogP contribution in [0.4, 0.5) is 0 Å². The van der Waals surface area contributed by atoms with Gasteiger partial charge in [0, 0.05) is 20.2 Å². The van der Waals surface area contributed by atoms with Crippen LogP contribution in [0, 0.1) is 6.92 Å². The molecule has 0 fully saturated rings. The second kappa shape index (κ2) is 8.76. The number of amides is 1. The highest BCUT2D eigenvalue weighted by Crippen LogP contribution is 2.35. The molecule has 3 aromatic heterocycles. The van der Waals surface area contributed by atoms with Gasteiger partial charge in [-0.15, -0.1) is 11.3 Å². The van der Waals surface area contributed by atoms with Crippen LogP contribution in [-0.4, -0.2) is 46.2 Å². The largest absolute Gasteiger partial charge is 0.480 e. The van der Waals surface area contributed by atoms with Gasteiger partial charge in [0.1, 0.15) is 11.4 Å². The molecular formula is C21H23N5O3S. The summed E-state index contributed by atoms with van der Waals surface area (Å²) in [6.45, 7) is 3.53. The van der Waals surface area contributed by atoms with E-state index in [-0.39, 0.29) is 12.5 Å². The van der Waals surface area contributed by atoms with Gasteiger partial charge in [0.05, 0.1) is 34.7 Å². The van der Waals surface area contributed by atoms with Crippen LogP contribution in [0.3, 0.4) is 0 Å². The maximum Gasteiger partial charge on any atom is 0.261 e. The lowest BCUT2D eigenvalue weighted by molar-refractivity contribution is 0.0956. The fourth-order valence-corrected chi connectivity index (χ4v) is 4.53. The summed E-state index contributed by atoms with van der Waals surface area (Å²) in [6.07, 6.45) is 2.64. The molecule has 0 bridgehead atoms. The van der Waals surface area contributed by atoms with Gasteiger partial charge in [-0.25, -0.2) is 9.97 Å². The van der Waals surface area contributed by atoms with E-state index in [0.29, 0.717) is 23.1 Å². The molecule has 3 heterocycles. The zero-order chi connectivity index (χ0) is 21.1. The highest BCUT2D eigenvalue weighted by molar-refractivity contribution is 7.20. The van der Waals surface area contributed by atoms with Crippen molar-refractivity contribution in [1.82, 2.24) is 24.8 Å². The van der Waals surface area contributed by atoms with Gasteiger partial charge in [0.25, 0.3) is 5.91 Å². The molecule has 9 heteroatoms. The first kappa shape index (κ1) is 20.2. The van der Waals surface area contributed by atoms with Crippen LogP contribution in [0.2, 0.25) is 0 Å². The summed E-state index contributed by atoms with van der Waals surface area (Å²) in [5, 5.41) is 3.79. The van der Waals surface area contributed by atoms with Gasteiger partial charge in [0.2, 0.25) is 5.88 Å². The summed E-state index contributed by atoms with van der Waals surface area (Å²) in [7, 11) is 3.15. The van der Waals surface area contributed by atoms with Crippen LogP contribution in [-0.2, 0) is 17.9 Å². The van der Waals surface area contributed by atoms with Crippen LogP contribution in [0.15, 0.2) is 30.6 Å². The number of carbonyl (C=O) groups excluding carboxylic acids is 1. The average Bonchev–Trinajstić information content (AvgIpc) is 3.32. The van der Waals surface area contributed by atoms with E-state index >= 15 is 0 Å². The maximum atomic E-state index is 12.8. The van der Waals surface area contributed by atoms with Crippen molar-refractivity contribution in [3.05, 3.63) is 46.9 Å². The van der Waals surface area contributed by atoms with E-state index in [0.717, 1.165) is 39.8 Å². The number of aryl methyl sites for hydroxylation is 2. The Balaban J connectivity index is 1.44. The number of ether oxygens (including phenoxy) is 2. The van der Waals surface area contributed by atoms with Crippen molar-refractivity contribution in [3.63, 3.8) is 0 Å². The summed E-state index contributed by atoms with van der Waals surface area (Å²) < 4.78 is 12.6. The highest BCUT2D eigenvalue weighted by atomic mass is 32.1. The van der Waals surface area contributed by atoms with Gasteiger partial charge in [-0.05, 0) is 31.0 Å². The van der Waals surface area contributed by atoms with Crippen molar-refractivity contribution in [3.8, 4) is 5.88 Å². The van der Waals surface area contributed by atoms with E-state index in [9.17, 15) is 4.79 Å². The third kappa shape index (κ3) is 3.86. The van der Waals surface area contributed by atoms with E-state index in [1.807, 2.05) is 37.5 Å². The van der Waals surface area contributed by atoms with Gasteiger partial charge < -0.3 is 19.4 Å². The zero-order valence-corrected chi connectivity index (χ0v) is 18.0. The summed E-state index contributed by atoms with van der Waals surface area (Å²) >= 11 is 1.35. The predicted molar refractivity (Wildman–Crippen MR) is 116 cm³/mol. The molecule has 1 aromatic carbocycles. The van der Waals surface area contributed by atoms with Crippen LogP contribution in [0.5, 0.6) is 5.88 Å². The molecule has 1 N–H and O–H groups in total. The number of benzene rings is 1. The zero-order valence-electron chi connectivity index (χ0n) is 17.1. The van der Waals surface area contributed by atoms with E-state index in [4.69, 9.17) is 9.47 Å². The number of thiophene rings is 1. The summed E-state index contributed by atoms with van der Waals surface area (Å²) in [4.78, 5) is 27.4. The van der Waals surface area contributed by atoms with Crippen LogP contribution in [0.1, 0.15) is 27.5 Å². The van der Waals surface area contributed by atoms with Gasteiger partial charge in [0.15, 0.2) is 5.82 Å². The number of nitrogens with one attached hydrogen (secondary N) is 1. The Morgan fingerprint density at radius 2 is 2.07 bits per heavy atom. The van der Waals surface area contributed by atoms with Crippen molar-refractivity contribution in [1.29, 1.82) is 0 Å². The Kier molecular flexibility index (Phi) is 5.91. The maximum absolute atomic E-state index is 12.8. The van der Waals surface area contributed by atoms with Gasteiger partial charge in [-0.2, -0.15) is 4.98 Å². The van der Waals surface area contributed by atoms with Crippen LogP contribution >= 0.6 is 11.3 Å². The van der Waals surface area contributed by atoms with Crippen molar-refractivity contribution >= 4 is 38.5 Å². The number of aromatic nitrogens is 4. The number of methoxy groups -OCH3 is 2. The molecular weight excluding hydrogens is 402 g/mol. The molecule has 30 heavy (non-hydrogen) atoms. The lowest BCUT2D eigenvalue weighted by Crippen LogP contribution is -2.25. The minimum atomic E-state index is -0.110. The second-order valence-corrected chi connectivity index (χ2v) is 7.85. The predicted octanol–water partition coefficient (Wildman–Crippen LogP) is 3.32. The normalized spacial score (nSPS) is 11.3. The SMILES string of the molecule is COCc1nc(OC)c2c(C)c(C(=O)NCCCn3cnc4ccccc43)sc2n1. The molecule has 0 radical (unpaired) electrons. The Morgan fingerprint density at radius 3 is 2.87 bits per heavy atom. The fourth-order valence-electron chi connectivity index (χ4n) is 3.42. The van der Waals surface area contributed by atoms with Gasteiger partial charge in [-0.1, -0.05) is 12.1 Å². The number of carbonyl (C=O) groups is 1. The molecule has 0 saturated carbocycles. The van der Waals surface area contributed by atoms with E-state index in [2.05, 4.69) is 24.8 Å². The Bertz CT molecular complexity index is 1200. The van der Waals surface area contributed by atoms with E-state index in [1.165, 1.54) is 11.3 Å². The average molecular weight is 426 g/mol. The minimum Gasteiger partial charge on any atom is -0.480 e. The molecule has 0 atom stereocenters. The standard InChI is InChI=1S/C21H23N5O3S/c1-13-17-20(29-3)24-16(11-28-2)25-21(17)30-18(13)19(27)22-9-6-10-26-12-23-14-7-4-5-8-15(14)26/h4-5,7-8,12H,6,9-11H2,1-3H3,(H,22,27). The van der Waals surface area contributed by atoms with Crippen molar-refractivity contribution in [2.24, 2.45) is 0 Å². The minimum absolute atomic E-state index is 0.110. The number of nitrogens with zero attached hydrogens (tertiary/aromatic N) is 4. The first-order valence-electron chi connectivity index (χ1n) is 9.63. The lowest BCUT2D eigenvalue weighted by atomic mass is 10.2. The van der Waals surface area contributed by atoms with Crippen molar-refractivity contribution in [2.75, 3.05) is 20.8 Å². The van der Waals surface area contributed by atoms with Gasteiger partial charge >= 0.3 is 0 Å². The third-order valence-corrected chi connectivity index (χ3v) is 6.05. The van der Waals surface area contributed by atoms with Crippen molar-refractivity contribution < 1.29 is 14.3 Å². The number of fused-ring (bicyclic) bond motifs is 2. The van der Waals surface area contributed by atoms with Crippen LogP contribution in [0.25, 0.3) is 21.3 Å². The van der Waals surface area contributed by atoms with Crippen LogP contribution < -0.4 is 10.1 Å². The summed E-state index contributed by atoms with van der Waals surface area (Å²) in [5.74, 6) is 0.885. The monoisotopic (exact) mass is 425 g/mol. The highest BCUT2D eigenvalue weighted by Gasteiger charge is 2.21. The Hall–Kier alpha value is -3.04. The number of imidazole rings is 1. The Morgan fingerprint density at radius 1 is 1.23 bits per heavy atom. The molecule has 156 valence electrons. The topological polar surface area (TPSA) is 91.2 Å². The molecule has 0 aliphatic rings. The summed E-state index contributed by atoms with van der Waals surface area (Å²) in [5.41, 5.74) is 2.90. The third-order valence-electron chi connectivity index (χ3n) is 4.86. The molecule has 1 amide bonds. The molecule has 8 nitrogen and oxygen atoms in total. The number of para-hydroxylation sites is 2. The molecule has 0 spiro atoms. The summed E-state index contributed by atoms with van der Waals surface area (Å²) in [6, 6.07) is 8.02. The molecule has 0 unspecified atom stereocenters. The first-order valence-corrected chi connectivity index (χ1v) is 10.4. The Labute approximate surface area is 177 Å². The number of rotatable bonds is 8. The lowest BCUT2D eigenvalue weighted by Gasteiger charge is -2.07. The molecule has 4 aromatic rings. The van der Waals surface area contributed by atoms with E-state index < -0.39 is 0 Å². The number of hydrogen-bond donors (Lipinski definition) is 1. The second-order valence-electron chi connectivity index (χ2n) is 6.85. The fraction of sp³-hybridized carbons (Fsp3) is 0.333. The van der Waals surface area contributed by atoms with E-state index in [1.54, 1.807) is 14.2 Å². The molecule has 0 aliphatic heterocycles. The smallest absolute Gasteiger partial charge is 0.261 e. The number of hydrogen-bond acceptors (Lipinski definition) is 7. The quantitative estimate of drug-likeness (QED) is 0.436. The molecule has 0 saturated heterocycles. The van der Waals surface area contributed by atoms with Gasteiger partial charge in [-0.3, -0.25) is 4.79 Å². The first-order chi connectivity index (χ1) is 14.6. The molecule has 4 rings (SSSR count). The van der Waals surface area contributed by atoms with Crippen molar-refractivity contribution in [2.45, 2.75) is 26.5 Å².